The smallest absolute Gasteiger partial charge is 0.141 e. The Morgan fingerprint density at radius 2 is 1.50 bits per heavy atom. The van der Waals surface area contributed by atoms with E-state index in [9.17, 15) is 9.70 Å². The molecule has 0 N–H and O–H groups in total. The van der Waals surface area contributed by atoms with E-state index in [-0.39, 0.29) is 29.7 Å². The molecule has 0 saturated carbocycles. The van der Waals surface area contributed by atoms with Crippen LogP contribution in [0.2, 0.25) is 0 Å². The average Bonchev–Trinajstić information content (AvgIpc) is 2.62. The summed E-state index contributed by atoms with van der Waals surface area (Å²) >= 11 is 0. The van der Waals surface area contributed by atoms with Gasteiger partial charge in [-0.05, 0) is 17.0 Å². The second-order valence-corrected chi connectivity index (χ2v) is 6.68. The summed E-state index contributed by atoms with van der Waals surface area (Å²) in [7, 11) is 0. The second-order valence-electron chi connectivity index (χ2n) is 6.68. The molecule has 1 saturated heterocycles. The fourth-order valence-electron chi connectivity index (χ4n) is 3.75. The molecule has 0 amide bonds. The van der Waals surface area contributed by atoms with Gasteiger partial charge in [-0.15, -0.1) is 4.91 Å². The maximum atomic E-state index is 12.9. The van der Waals surface area contributed by atoms with Gasteiger partial charge < -0.3 is 0 Å². The fourth-order valence-corrected chi connectivity index (χ4v) is 3.75. The van der Waals surface area contributed by atoms with Crippen molar-refractivity contribution >= 4 is 5.78 Å². The van der Waals surface area contributed by atoms with E-state index < -0.39 is 0 Å². The van der Waals surface area contributed by atoms with Crippen molar-refractivity contribution in [2.45, 2.75) is 32.4 Å². The molecule has 4 heteroatoms. The molecule has 0 spiro atoms. The van der Waals surface area contributed by atoms with E-state index in [1.165, 1.54) is 0 Å². The fraction of sp³-hybridized carbons (Fsp3) is 0.350. The van der Waals surface area contributed by atoms with Crippen LogP contribution in [-0.2, 0) is 4.79 Å². The Morgan fingerprint density at radius 1 is 0.958 bits per heavy atom. The van der Waals surface area contributed by atoms with Crippen LogP contribution in [0.1, 0.15) is 43.5 Å². The zero-order chi connectivity index (χ0) is 17.1. The summed E-state index contributed by atoms with van der Waals surface area (Å²) in [6.45, 7) is 4.06. The second kappa shape index (κ2) is 6.95. The third kappa shape index (κ3) is 2.96. The highest BCUT2D eigenvalue weighted by Crippen LogP contribution is 2.45. The first-order chi connectivity index (χ1) is 11.6. The number of nitrogens with zero attached hydrogens (tertiary/aromatic N) is 2. The van der Waals surface area contributed by atoms with Crippen LogP contribution >= 0.6 is 0 Å². The van der Waals surface area contributed by atoms with E-state index in [0.29, 0.717) is 6.42 Å². The van der Waals surface area contributed by atoms with Gasteiger partial charge in [-0.25, -0.2) is 5.01 Å². The predicted octanol–water partition coefficient (Wildman–Crippen LogP) is 4.70. The molecule has 1 fully saturated rings. The molecular formula is C20H22N2O2. The first kappa shape index (κ1) is 16.4. The molecule has 2 aromatic rings. The Balaban J connectivity index is 2.08. The quantitative estimate of drug-likeness (QED) is 0.767. The summed E-state index contributed by atoms with van der Waals surface area (Å²) < 4.78 is 0. The zero-order valence-electron chi connectivity index (χ0n) is 14.0. The summed E-state index contributed by atoms with van der Waals surface area (Å²) in [6.07, 6.45) is 0.321. The Labute approximate surface area is 142 Å². The molecule has 24 heavy (non-hydrogen) atoms. The van der Waals surface area contributed by atoms with Crippen molar-refractivity contribution in [2.24, 2.45) is 17.1 Å². The zero-order valence-corrected chi connectivity index (χ0v) is 14.0. The Morgan fingerprint density at radius 3 is 2.00 bits per heavy atom. The normalized spacial score (nSPS) is 24.2. The molecule has 1 heterocycles. The first-order valence-corrected chi connectivity index (χ1v) is 8.37. The van der Waals surface area contributed by atoms with Crippen LogP contribution < -0.4 is 0 Å². The molecule has 0 aliphatic carbocycles. The van der Waals surface area contributed by atoms with Crippen molar-refractivity contribution in [3.8, 4) is 0 Å². The molecule has 4 nitrogen and oxygen atoms in total. The van der Waals surface area contributed by atoms with Gasteiger partial charge in [0.15, 0.2) is 0 Å². The maximum Gasteiger partial charge on any atom is 0.141 e. The van der Waals surface area contributed by atoms with Gasteiger partial charge in [-0.3, -0.25) is 4.79 Å². The molecule has 3 atom stereocenters. The van der Waals surface area contributed by atoms with Crippen LogP contribution in [0.5, 0.6) is 0 Å². The summed E-state index contributed by atoms with van der Waals surface area (Å²) in [5.74, 6) is 0.112. The van der Waals surface area contributed by atoms with E-state index in [0.717, 1.165) is 11.1 Å². The molecular weight excluding hydrogens is 300 g/mol. The van der Waals surface area contributed by atoms with Gasteiger partial charge in [0.1, 0.15) is 5.78 Å². The summed E-state index contributed by atoms with van der Waals surface area (Å²) in [5.41, 5.74) is 1.92. The van der Waals surface area contributed by atoms with Crippen LogP contribution in [0.25, 0.3) is 0 Å². The number of carbonyl (C=O) groups is 1. The van der Waals surface area contributed by atoms with Crippen LogP contribution in [0, 0.1) is 16.7 Å². The topological polar surface area (TPSA) is 49.7 Å². The van der Waals surface area contributed by atoms with Gasteiger partial charge in [-0.2, -0.15) is 0 Å². The molecule has 0 radical (unpaired) electrons. The lowest BCUT2D eigenvalue weighted by atomic mass is 9.75. The molecule has 124 valence electrons. The number of hydrogen-bond donors (Lipinski definition) is 0. The standard InChI is InChI=1S/C20H22N2O2/c1-14(2)19-18(23)13-17(15-9-5-3-6-10-15)22(21-24)20(19)16-11-7-4-8-12-16/h3-12,14,17,19-20H,13H2,1-2H3/t17-,19+,20-/m1/s1. The molecule has 2 aromatic carbocycles. The lowest BCUT2D eigenvalue weighted by Gasteiger charge is -2.43. The van der Waals surface area contributed by atoms with E-state index in [1.807, 2.05) is 74.5 Å². The molecule has 3 rings (SSSR count). The minimum absolute atomic E-state index is 0.142. The van der Waals surface area contributed by atoms with E-state index in [1.54, 1.807) is 5.01 Å². The van der Waals surface area contributed by atoms with Gasteiger partial charge in [0, 0.05) is 12.3 Å². The average molecular weight is 322 g/mol. The third-order valence-electron chi connectivity index (χ3n) is 4.85. The Hall–Kier alpha value is -2.49. The van der Waals surface area contributed by atoms with Crippen molar-refractivity contribution < 1.29 is 4.79 Å². The van der Waals surface area contributed by atoms with Crippen molar-refractivity contribution in [1.82, 2.24) is 5.01 Å². The van der Waals surface area contributed by atoms with Gasteiger partial charge >= 0.3 is 0 Å². The number of piperidine rings is 1. The van der Waals surface area contributed by atoms with E-state index in [2.05, 4.69) is 5.29 Å². The van der Waals surface area contributed by atoms with Crippen LogP contribution in [0.15, 0.2) is 65.9 Å². The minimum Gasteiger partial charge on any atom is -0.299 e. The van der Waals surface area contributed by atoms with Crippen molar-refractivity contribution in [3.05, 3.63) is 76.7 Å². The van der Waals surface area contributed by atoms with Crippen molar-refractivity contribution in [1.29, 1.82) is 0 Å². The Kier molecular flexibility index (Phi) is 4.74. The highest BCUT2D eigenvalue weighted by atomic mass is 16.3. The van der Waals surface area contributed by atoms with Crippen molar-refractivity contribution in [3.63, 3.8) is 0 Å². The number of benzene rings is 2. The number of Topliss-reactive ketones (excluding diaryl/α,β-unsaturated/α-hetero) is 1. The summed E-state index contributed by atoms with van der Waals surface area (Å²) in [4.78, 5) is 24.7. The highest BCUT2D eigenvalue weighted by molar-refractivity contribution is 5.84. The van der Waals surface area contributed by atoms with Crippen molar-refractivity contribution in [2.75, 3.05) is 0 Å². The molecule has 1 aliphatic rings. The predicted molar refractivity (Wildman–Crippen MR) is 94.0 cm³/mol. The van der Waals surface area contributed by atoms with Crippen LogP contribution in [0.4, 0.5) is 0 Å². The first-order valence-electron chi connectivity index (χ1n) is 8.37. The largest absolute Gasteiger partial charge is 0.299 e. The minimum atomic E-state index is -0.324. The van der Waals surface area contributed by atoms with Crippen LogP contribution in [-0.4, -0.2) is 10.8 Å². The van der Waals surface area contributed by atoms with Gasteiger partial charge in [-0.1, -0.05) is 74.5 Å². The number of rotatable bonds is 4. The lowest BCUT2D eigenvalue weighted by molar-refractivity contribution is -0.135. The molecule has 0 aromatic heterocycles. The number of ketones is 1. The number of nitroso groups, excluding NO2 is 1. The summed E-state index contributed by atoms with van der Waals surface area (Å²) in [5, 5.41) is 4.96. The lowest BCUT2D eigenvalue weighted by Crippen LogP contribution is -2.44. The van der Waals surface area contributed by atoms with Gasteiger partial charge in [0.2, 0.25) is 0 Å². The highest BCUT2D eigenvalue weighted by Gasteiger charge is 2.45. The van der Waals surface area contributed by atoms with E-state index >= 15 is 0 Å². The van der Waals surface area contributed by atoms with Crippen LogP contribution in [0.3, 0.4) is 0 Å². The Bertz CT molecular complexity index is 700. The molecule has 0 unspecified atom stereocenters. The number of carbonyl (C=O) groups excluding carboxylic acids is 1. The van der Waals surface area contributed by atoms with E-state index in [4.69, 9.17) is 0 Å². The monoisotopic (exact) mass is 322 g/mol. The summed E-state index contributed by atoms with van der Waals surface area (Å²) in [6, 6.07) is 18.8. The molecule has 0 bridgehead atoms. The van der Waals surface area contributed by atoms with Gasteiger partial charge in [0.05, 0.1) is 17.4 Å². The SMILES string of the molecule is CC(C)[C@H]1C(=O)C[C@H](c2ccccc2)N(N=O)[C@@H]1c1ccccc1. The maximum absolute atomic E-state index is 12.9. The van der Waals surface area contributed by atoms with Gasteiger partial charge in [0.25, 0.3) is 0 Å². The molecule has 1 aliphatic heterocycles. The number of hydrogen-bond acceptors (Lipinski definition) is 3. The third-order valence-corrected chi connectivity index (χ3v) is 4.85.